The molecule has 1 aliphatic carbocycles. The largest absolute Gasteiger partial charge is 0.354 e. The van der Waals surface area contributed by atoms with Crippen LogP contribution in [0.1, 0.15) is 26.2 Å². The maximum absolute atomic E-state index is 5.99. The fourth-order valence-corrected chi connectivity index (χ4v) is 1.97. The van der Waals surface area contributed by atoms with E-state index < -0.39 is 0 Å². The maximum Gasteiger partial charge on any atom is 0.245 e. The number of hydrogen-bond acceptors (Lipinski definition) is 4. The number of halogens is 2. The van der Waals surface area contributed by atoms with Crippen LogP contribution < -0.4 is 4.90 Å². The predicted molar refractivity (Wildman–Crippen MR) is 65.1 cm³/mol. The molecule has 0 saturated heterocycles. The molecule has 6 heteroatoms. The van der Waals surface area contributed by atoms with Crippen LogP contribution in [0.25, 0.3) is 0 Å². The lowest BCUT2D eigenvalue weighted by Crippen LogP contribution is -2.28. The van der Waals surface area contributed by atoms with Gasteiger partial charge in [0.05, 0.1) is 0 Å². The molecule has 0 aromatic carbocycles. The SMILES string of the molecule is CCCN(CC1CC1)c1nc(Cl)nnc1Cl. The lowest BCUT2D eigenvalue weighted by Gasteiger charge is -2.23. The summed E-state index contributed by atoms with van der Waals surface area (Å²) in [6, 6.07) is 0. The molecule has 0 amide bonds. The van der Waals surface area contributed by atoms with Gasteiger partial charge in [-0.15, -0.1) is 10.2 Å². The average Bonchev–Trinajstić information content (AvgIpc) is 3.05. The molecule has 0 bridgehead atoms. The van der Waals surface area contributed by atoms with Crippen molar-refractivity contribution in [1.82, 2.24) is 15.2 Å². The molecule has 0 N–H and O–H groups in total. The van der Waals surface area contributed by atoms with E-state index in [9.17, 15) is 0 Å². The van der Waals surface area contributed by atoms with Crippen molar-refractivity contribution >= 4 is 29.0 Å². The Balaban J connectivity index is 2.18. The highest BCUT2D eigenvalue weighted by Gasteiger charge is 2.26. The third-order valence-electron chi connectivity index (χ3n) is 2.57. The topological polar surface area (TPSA) is 41.9 Å². The van der Waals surface area contributed by atoms with Gasteiger partial charge in [0.25, 0.3) is 0 Å². The Morgan fingerprint density at radius 3 is 2.69 bits per heavy atom. The molecule has 16 heavy (non-hydrogen) atoms. The zero-order chi connectivity index (χ0) is 11.5. The molecule has 1 saturated carbocycles. The highest BCUT2D eigenvalue weighted by Crippen LogP contribution is 2.32. The molecule has 1 aromatic rings. The minimum Gasteiger partial charge on any atom is -0.354 e. The van der Waals surface area contributed by atoms with Crippen LogP contribution in [0.3, 0.4) is 0 Å². The standard InChI is InChI=1S/C10H14Cl2N4/c1-2-5-16(6-7-3-4-7)9-8(11)14-15-10(12)13-9/h7H,2-6H2,1H3. The molecule has 1 heterocycles. The first kappa shape index (κ1) is 11.9. The summed E-state index contributed by atoms with van der Waals surface area (Å²) < 4.78 is 0. The Bertz CT molecular complexity index is 368. The van der Waals surface area contributed by atoms with Crippen molar-refractivity contribution < 1.29 is 0 Å². The highest BCUT2D eigenvalue weighted by molar-refractivity contribution is 6.32. The Labute approximate surface area is 105 Å². The summed E-state index contributed by atoms with van der Waals surface area (Å²) in [5.41, 5.74) is 0. The van der Waals surface area contributed by atoms with Crippen molar-refractivity contribution in [2.24, 2.45) is 5.92 Å². The van der Waals surface area contributed by atoms with E-state index in [4.69, 9.17) is 23.2 Å². The Hall–Kier alpha value is -0.610. The van der Waals surface area contributed by atoms with E-state index >= 15 is 0 Å². The molecule has 0 spiro atoms. The molecule has 2 rings (SSSR count). The van der Waals surface area contributed by atoms with E-state index in [2.05, 4.69) is 27.0 Å². The van der Waals surface area contributed by atoms with Gasteiger partial charge in [-0.3, -0.25) is 0 Å². The van der Waals surface area contributed by atoms with Crippen LogP contribution in [-0.2, 0) is 0 Å². The lowest BCUT2D eigenvalue weighted by atomic mass is 10.3. The number of aromatic nitrogens is 3. The summed E-state index contributed by atoms with van der Waals surface area (Å²) in [5, 5.41) is 7.89. The third-order valence-corrected chi connectivity index (χ3v) is 2.98. The molecule has 1 fully saturated rings. The second-order valence-electron chi connectivity index (χ2n) is 4.08. The normalized spacial score (nSPS) is 15.2. The second kappa shape index (κ2) is 5.15. The zero-order valence-electron chi connectivity index (χ0n) is 9.16. The molecule has 88 valence electrons. The van der Waals surface area contributed by atoms with Crippen LogP contribution >= 0.6 is 23.2 Å². The molecule has 0 atom stereocenters. The van der Waals surface area contributed by atoms with Gasteiger partial charge in [-0.05, 0) is 36.8 Å². The Morgan fingerprint density at radius 1 is 1.31 bits per heavy atom. The van der Waals surface area contributed by atoms with Gasteiger partial charge in [-0.25, -0.2) is 0 Å². The van der Waals surface area contributed by atoms with Gasteiger partial charge < -0.3 is 4.90 Å². The summed E-state index contributed by atoms with van der Waals surface area (Å²) in [6.45, 7) is 4.04. The van der Waals surface area contributed by atoms with Crippen LogP contribution in [0.2, 0.25) is 10.4 Å². The van der Waals surface area contributed by atoms with Gasteiger partial charge in [0.2, 0.25) is 5.28 Å². The van der Waals surface area contributed by atoms with Crippen LogP contribution in [-0.4, -0.2) is 28.3 Å². The number of anilines is 1. The molecular formula is C10H14Cl2N4. The van der Waals surface area contributed by atoms with E-state index in [0.717, 1.165) is 25.4 Å². The van der Waals surface area contributed by atoms with E-state index in [0.29, 0.717) is 11.0 Å². The molecule has 1 aromatic heterocycles. The monoisotopic (exact) mass is 260 g/mol. The fraction of sp³-hybridized carbons (Fsp3) is 0.700. The van der Waals surface area contributed by atoms with Crippen LogP contribution in [0.15, 0.2) is 0 Å². The van der Waals surface area contributed by atoms with Crippen molar-refractivity contribution in [2.45, 2.75) is 26.2 Å². The molecular weight excluding hydrogens is 247 g/mol. The molecule has 1 aliphatic rings. The summed E-state index contributed by atoms with van der Waals surface area (Å²) in [4.78, 5) is 6.31. The first-order valence-corrected chi connectivity index (χ1v) is 6.27. The van der Waals surface area contributed by atoms with Crippen molar-refractivity contribution in [3.05, 3.63) is 10.4 Å². The fourth-order valence-electron chi connectivity index (χ4n) is 1.65. The van der Waals surface area contributed by atoms with Crippen LogP contribution in [0.5, 0.6) is 0 Å². The van der Waals surface area contributed by atoms with E-state index in [-0.39, 0.29) is 5.28 Å². The Kier molecular flexibility index (Phi) is 3.82. The minimum absolute atomic E-state index is 0.149. The summed E-state index contributed by atoms with van der Waals surface area (Å²) in [7, 11) is 0. The Morgan fingerprint density at radius 2 is 2.06 bits per heavy atom. The lowest BCUT2D eigenvalue weighted by molar-refractivity contribution is 0.694. The van der Waals surface area contributed by atoms with Crippen LogP contribution in [0.4, 0.5) is 5.82 Å². The first-order chi connectivity index (χ1) is 7.70. The minimum atomic E-state index is 0.149. The summed E-state index contributed by atoms with van der Waals surface area (Å²) >= 11 is 11.7. The predicted octanol–water partition coefficient (Wildman–Crippen LogP) is 2.80. The van der Waals surface area contributed by atoms with Gasteiger partial charge >= 0.3 is 0 Å². The second-order valence-corrected chi connectivity index (χ2v) is 4.78. The van der Waals surface area contributed by atoms with Gasteiger partial charge in [0.15, 0.2) is 11.0 Å². The van der Waals surface area contributed by atoms with Gasteiger partial charge in [-0.1, -0.05) is 18.5 Å². The van der Waals surface area contributed by atoms with E-state index in [1.54, 1.807) is 0 Å². The molecule has 0 aliphatic heterocycles. The molecule has 0 radical (unpaired) electrons. The maximum atomic E-state index is 5.99. The third kappa shape index (κ3) is 2.95. The molecule has 0 unspecified atom stereocenters. The van der Waals surface area contributed by atoms with Gasteiger partial charge in [0, 0.05) is 13.1 Å². The van der Waals surface area contributed by atoms with E-state index in [1.165, 1.54) is 12.8 Å². The highest BCUT2D eigenvalue weighted by atomic mass is 35.5. The number of hydrogen-bond donors (Lipinski definition) is 0. The van der Waals surface area contributed by atoms with Crippen molar-refractivity contribution in [2.75, 3.05) is 18.0 Å². The first-order valence-electron chi connectivity index (χ1n) is 5.51. The number of rotatable bonds is 5. The molecule has 4 nitrogen and oxygen atoms in total. The number of nitrogens with zero attached hydrogens (tertiary/aromatic N) is 4. The average molecular weight is 261 g/mol. The van der Waals surface area contributed by atoms with E-state index in [1.807, 2.05) is 0 Å². The zero-order valence-corrected chi connectivity index (χ0v) is 10.7. The summed E-state index contributed by atoms with van der Waals surface area (Å²) in [6.07, 6.45) is 3.64. The van der Waals surface area contributed by atoms with Crippen molar-refractivity contribution in [3.8, 4) is 0 Å². The smallest absolute Gasteiger partial charge is 0.245 e. The van der Waals surface area contributed by atoms with Crippen molar-refractivity contribution in [1.29, 1.82) is 0 Å². The van der Waals surface area contributed by atoms with Crippen LogP contribution in [0, 0.1) is 5.92 Å². The van der Waals surface area contributed by atoms with Gasteiger partial charge in [0.1, 0.15) is 0 Å². The summed E-state index contributed by atoms with van der Waals surface area (Å²) in [5.74, 6) is 1.44. The van der Waals surface area contributed by atoms with Gasteiger partial charge in [-0.2, -0.15) is 4.98 Å². The van der Waals surface area contributed by atoms with Crippen molar-refractivity contribution in [3.63, 3.8) is 0 Å². The quantitative estimate of drug-likeness (QED) is 0.817.